The lowest BCUT2D eigenvalue weighted by Crippen LogP contribution is -2.41. The van der Waals surface area contributed by atoms with Gasteiger partial charge in [-0.3, -0.25) is 0 Å². The Bertz CT molecular complexity index is 331. The fourth-order valence-corrected chi connectivity index (χ4v) is 2.36. The summed E-state index contributed by atoms with van der Waals surface area (Å²) < 4.78 is 5.43. The maximum Gasteiger partial charge on any atom is 0.119 e. The standard InChI is InChI=1S/C15H24N2O/c1-2-18-15-8-6-13(7-9-15)11-16-12-14-5-3-4-10-17-14/h6-9,14,16-17H,2-5,10-12H2,1H3. The Morgan fingerprint density at radius 3 is 2.78 bits per heavy atom. The smallest absolute Gasteiger partial charge is 0.119 e. The molecule has 1 heterocycles. The zero-order valence-corrected chi connectivity index (χ0v) is 11.2. The molecule has 0 radical (unpaired) electrons. The van der Waals surface area contributed by atoms with E-state index in [1.807, 2.05) is 19.1 Å². The second-order valence-electron chi connectivity index (χ2n) is 4.85. The first-order valence-electron chi connectivity index (χ1n) is 7.04. The topological polar surface area (TPSA) is 33.3 Å². The van der Waals surface area contributed by atoms with Crippen LogP contribution in [0.2, 0.25) is 0 Å². The van der Waals surface area contributed by atoms with Gasteiger partial charge in [0, 0.05) is 19.1 Å². The third-order valence-electron chi connectivity index (χ3n) is 3.37. The van der Waals surface area contributed by atoms with E-state index in [1.165, 1.54) is 31.4 Å². The number of nitrogens with one attached hydrogen (secondary N) is 2. The second kappa shape index (κ2) is 7.39. The van der Waals surface area contributed by atoms with Crippen LogP contribution < -0.4 is 15.4 Å². The van der Waals surface area contributed by atoms with Gasteiger partial charge in [-0.05, 0) is 44.0 Å². The SMILES string of the molecule is CCOc1ccc(CNCC2CCCCN2)cc1. The molecule has 0 spiro atoms. The lowest BCUT2D eigenvalue weighted by Gasteiger charge is -2.23. The van der Waals surface area contributed by atoms with Crippen LogP contribution >= 0.6 is 0 Å². The van der Waals surface area contributed by atoms with Crippen molar-refractivity contribution in [3.63, 3.8) is 0 Å². The highest BCUT2D eigenvalue weighted by atomic mass is 16.5. The normalized spacial score (nSPS) is 19.7. The van der Waals surface area contributed by atoms with Gasteiger partial charge in [0.25, 0.3) is 0 Å². The summed E-state index contributed by atoms with van der Waals surface area (Å²) in [6.45, 7) is 5.91. The van der Waals surface area contributed by atoms with E-state index in [0.29, 0.717) is 6.04 Å². The first kappa shape index (κ1) is 13.4. The minimum absolute atomic E-state index is 0.654. The summed E-state index contributed by atoms with van der Waals surface area (Å²) in [5.41, 5.74) is 1.31. The van der Waals surface area contributed by atoms with Crippen LogP contribution in [-0.4, -0.2) is 25.7 Å². The fourth-order valence-electron chi connectivity index (χ4n) is 2.36. The van der Waals surface area contributed by atoms with E-state index in [0.717, 1.165) is 25.4 Å². The molecule has 1 aromatic rings. The number of piperidine rings is 1. The van der Waals surface area contributed by atoms with Crippen LogP contribution in [0.1, 0.15) is 31.7 Å². The highest BCUT2D eigenvalue weighted by Gasteiger charge is 2.11. The first-order valence-corrected chi connectivity index (χ1v) is 7.04. The molecule has 0 bridgehead atoms. The van der Waals surface area contributed by atoms with E-state index in [1.54, 1.807) is 0 Å². The van der Waals surface area contributed by atoms with Crippen molar-refractivity contribution in [2.24, 2.45) is 0 Å². The number of hydrogen-bond donors (Lipinski definition) is 2. The van der Waals surface area contributed by atoms with Crippen molar-refractivity contribution in [3.05, 3.63) is 29.8 Å². The van der Waals surface area contributed by atoms with Crippen LogP contribution in [0.5, 0.6) is 5.75 Å². The van der Waals surface area contributed by atoms with Gasteiger partial charge in [-0.2, -0.15) is 0 Å². The van der Waals surface area contributed by atoms with Crippen molar-refractivity contribution >= 4 is 0 Å². The van der Waals surface area contributed by atoms with Crippen LogP contribution in [0.25, 0.3) is 0 Å². The summed E-state index contributed by atoms with van der Waals surface area (Å²) in [6, 6.07) is 9.00. The highest BCUT2D eigenvalue weighted by Crippen LogP contribution is 2.12. The Morgan fingerprint density at radius 1 is 1.28 bits per heavy atom. The third-order valence-corrected chi connectivity index (χ3v) is 3.37. The molecule has 1 unspecified atom stereocenters. The third kappa shape index (κ3) is 4.31. The maximum atomic E-state index is 5.43. The van der Waals surface area contributed by atoms with E-state index in [9.17, 15) is 0 Å². The molecule has 1 fully saturated rings. The molecule has 0 aromatic heterocycles. The molecule has 1 aromatic carbocycles. The predicted octanol–water partition coefficient (Wildman–Crippen LogP) is 2.32. The van der Waals surface area contributed by atoms with Gasteiger partial charge in [0.05, 0.1) is 6.61 Å². The number of ether oxygens (including phenoxy) is 1. The van der Waals surface area contributed by atoms with Crippen molar-refractivity contribution in [2.75, 3.05) is 19.7 Å². The van der Waals surface area contributed by atoms with E-state index < -0.39 is 0 Å². The molecular weight excluding hydrogens is 224 g/mol. The molecule has 18 heavy (non-hydrogen) atoms. The minimum atomic E-state index is 0.654. The van der Waals surface area contributed by atoms with Gasteiger partial charge in [0.1, 0.15) is 5.75 Å². The molecular formula is C15H24N2O. The van der Waals surface area contributed by atoms with Gasteiger partial charge < -0.3 is 15.4 Å². The second-order valence-corrected chi connectivity index (χ2v) is 4.85. The van der Waals surface area contributed by atoms with Crippen molar-refractivity contribution < 1.29 is 4.74 Å². The van der Waals surface area contributed by atoms with Crippen LogP contribution in [0, 0.1) is 0 Å². The average Bonchev–Trinajstić information content (AvgIpc) is 2.42. The molecule has 0 amide bonds. The molecule has 0 aliphatic carbocycles. The largest absolute Gasteiger partial charge is 0.494 e. The summed E-state index contributed by atoms with van der Waals surface area (Å²) in [5.74, 6) is 0.954. The molecule has 1 atom stereocenters. The average molecular weight is 248 g/mol. The molecule has 3 heteroatoms. The van der Waals surface area contributed by atoms with Gasteiger partial charge in [-0.1, -0.05) is 18.6 Å². The zero-order valence-electron chi connectivity index (χ0n) is 11.2. The fraction of sp³-hybridized carbons (Fsp3) is 0.600. The molecule has 2 rings (SSSR count). The summed E-state index contributed by atoms with van der Waals surface area (Å²) in [5, 5.41) is 7.07. The predicted molar refractivity (Wildman–Crippen MR) is 75.0 cm³/mol. The number of rotatable bonds is 6. The van der Waals surface area contributed by atoms with E-state index in [-0.39, 0.29) is 0 Å². The van der Waals surface area contributed by atoms with Crippen LogP contribution in [0.15, 0.2) is 24.3 Å². The number of benzene rings is 1. The highest BCUT2D eigenvalue weighted by molar-refractivity contribution is 5.27. The van der Waals surface area contributed by atoms with Gasteiger partial charge in [-0.25, -0.2) is 0 Å². The van der Waals surface area contributed by atoms with Crippen molar-refractivity contribution in [1.29, 1.82) is 0 Å². The molecule has 1 aliphatic rings. The van der Waals surface area contributed by atoms with Gasteiger partial charge in [0.15, 0.2) is 0 Å². The lowest BCUT2D eigenvalue weighted by atomic mass is 10.1. The summed E-state index contributed by atoms with van der Waals surface area (Å²) in [4.78, 5) is 0. The van der Waals surface area contributed by atoms with Gasteiger partial charge in [0.2, 0.25) is 0 Å². The van der Waals surface area contributed by atoms with Crippen molar-refractivity contribution in [1.82, 2.24) is 10.6 Å². The van der Waals surface area contributed by atoms with Crippen LogP contribution in [-0.2, 0) is 6.54 Å². The summed E-state index contributed by atoms with van der Waals surface area (Å²) in [7, 11) is 0. The quantitative estimate of drug-likeness (QED) is 0.810. The molecule has 0 saturated carbocycles. The summed E-state index contributed by atoms with van der Waals surface area (Å²) >= 11 is 0. The van der Waals surface area contributed by atoms with Crippen LogP contribution in [0.3, 0.4) is 0 Å². The monoisotopic (exact) mass is 248 g/mol. The van der Waals surface area contributed by atoms with E-state index in [2.05, 4.69) is 22.8 Å². The Morgan fingerprint density at radius 2 is 2.11 bits per heavy atom. The molecule has 1 saturated heterocycles. The molecule has 100 valence electrons. The lowest BCUT2D eigenvalue weighted by molar-refractivity contribution is 0.340. The van der Waals surface area contributed by atoms with E-state index in [4.69, 9.17) is 4.74 Å². The Kier molecular flexibility index (Phi) is 5.49. The number of hydrogen-bond acceptors (Lipinski definition) is 3. The molecule has 2 N–H and O–H groups in total. The molecule has 3 nitrogen and oxygen atoms in total. The van der Waals surface area contributed by atoms with Gasteiger partial charge in [-0.15, -0.1) is 0 Å². The first-order chi connectivity index (χ1) is 8.88. The molecule has 1 aliphatic heterocycles. The Labute approximate surface area is 110 Å². The van der Waals surface area contributed by atoms with Gasteiger partial charge >= 0.3 is 0 Å². The van der Waals surface area contributed by atoms with Crippen LogP contribution in [0.4, 0.5) is 0 Å². The minimum Gasteiger partial charge on any atom is -0.494 e. The zero-order chi connectivity index (χ0) is 12.6. The van der Waals surface area contributed by atoms with E-state index >= 15 is 0 Å². The van der Waals surface area contributed by atoms with Crippen molar-refractivity contribution in [3.8, 4) is 5.75 Å². The van der Waals surface area contributed by atoms with Crippen molar-refractivity contribution in [2.45, 2.75) is 38.8 Å². The Balaban J connectivity index is 1.69. The summed E-state index contributed by atoms with van der Waals surface area (Å²) in [6.07, 6.45) is 3.99. The maximum absolute atomic E-state index is 5.43. The Hall–Kier alpha value is -1.06.